The molecule has 7 heteroatoms. The Hall–Kier alpha value is -2.80. The van der Waals surface area contributed by atoms with Gasteiger partial charge in [0.25, 0.3) is 0 Å². The molecule has 1 saturated carbocycles. The second kappa shape index (κ2) is 9.01. The predicted molar refractivity (Wildman–Crippen MR) is 139 cm³/mol. The fourth-order valence-electron chi connectivity index (χ4n) is 6.66. The van der Waals surface area contributed by atoms with Crippen LogP contribution in [0.15, 0.2) is 30.1 Å². The second-order valence-electron chi connectivity index (χ2n) is 11.0. The van der Waals surface area contributed by atoms with E-state index >= 15 is 0 Å². The molecule has 3 heterocycles. The molecule has 0 unspecified atom stereocenters. The van der Waals surface area contributed by atoms with Crippen LogP contribution >= 0.6 is 0 Å². The van der Waals surface area contributed by atoms with Gasteiger partial charge in [-0.2, -0.15) is 0 Å². The maximum Gasteiger partial charge on any atom is 0.228 e. The maximum atomic E-state index is 12.8. The summed E-state index contributed by atoms with van der Waals surface area (Å²) in [5.74, 6) is 1.62. The molecule has 35 heavy (non-hydrogen) atoms. The molecule has 0 aromatic carbocycles. The molecule has 4 aliphatic rings. The molecule has 2 aromatic rings. The number of Topliss-reactive ketones (excluding diaryl/α,β-unsaturated/α-hetero) is 1. The molecule has 1 spiro atoms. The van der Waals surface area contributed by atoms with Gasteiger partial charge in [-0.3, -0.25) is 9.69 Å². The minimum atomic E-state index is 0.137. The van der Waals surface area contributed by atoms with Crippen molar-refractivity contribution in [2.45, 2.75) is 71.3 Å². The number of carbonyl (C=O) groups excluding carboxylic acids is 1. The Morgan fingerprint density at radius 2 is 1.77 bits per heavy atom. The molecule has 6 rings (SSSR count). The van der Waals surface area contributed by atoms with Gasteiger partial charge in [-0.05, 0) is 56.2 Å². The SMILES string of the molecule is CC(C)N1CCN(c2ccc(Nc3ncc4c(n3)C3=C(C4)C(=O)CCC34CCCCC4)nc2)CC1. The fraction of sp³-hybridized carbons (Fsp3) is 0.571. The number of aromatic nitrogens is 3. The van der Waals surface area contributed by atoms with Gasteiger partial charge in [0.05, 0.1) is 17.6 Å². The number of rotatable bonds is 4. The van der Waals surface area contributed by atoms with Crippen LogP contribution in [0.1, 0.15) is 70.1 Å². The molecule has 2 fully saturated rings. The van der Waals surface area contributed by atoms with E-state index in [1.165, 1.54) is 37.7 Å². The standard InChI is InChI=1S/C28H36N6O/c1-19(2)33-12-14-34(15-13-33)21-6-7-24(29-18-21)31-27-30-17-20-16-22-23(35)8-11-28(9-4-3-5-10-28)25(22)26(20)32-27/h6-7,17-19H,3-5,8-16H2,1-2H3,(H,29,30,31,32). The predicted octanol–water partition coefficient (Wildman–Crippen LogP) is 4.77. The Balaban J connectivity index is 1.20. The molecule has 0 bridgehead atoms. The summed E-state index contributed by atoms with van der Waals surface area (Å²) in [5, 5.41) is 3.32. The lowest BCUT2D eigenvalue weighted by molar-refractivity contribution is -0.116. The van der Waals surface area contributed by atoms with Crippen molar-refractivity contribution in [3.63, 3.8) is 0 Å². The average molecular weight is 473 g/mol. The number of anilines is 3. The lowest BCUT2D eigenvalue weighted by Crippen LogP contribution is -2.48. The summed E-state index contributed by atoms with van der Waals surface area (Å²) in [6.07, 6.45) is 12.4. The molecule has 0 amide bonds. The number of pyridine rings is 1. The molecule has 7 nitrogen and oxygen atoms in total. The third kappa shape index (κ3) is 4.14. The summed E-state index contributed by atoms with van der Waals surface area (Å²) in [4.78, 5) is 32.0. The van der Waals surface area contributed by atoms with Crippen molar-refractivity contribution in [3.05, 3.63) is 41.4 Å². The highest BCUT2D eigenvalue weighted by Gasteiger charge is 2.46. The first kappa shape index (κ1) is 22.7. The quantitative estimate of drug-likeness (QED) is 0.687. The number of piperazine rings is 1. The Kier molecular flexibility index (Phi) is 5.83. The van der Waals surface area contributed by atoms with E-state index in [1.807, 2.05) is 18.5 Å². The molecule has 1 aliphatic heterocycles. The monoisotopic (exact) mass is 472 g/mol. The molecular formula is C28H36N6O. The first-order valence-electron chi connectivity index (χ1n) is 13.4. The van der Waals surface area contributed by atoms with E-state index in [4.69, 9.17) is 4.98 Å². The Morgan fingerprint density at radius 1 is 0.971 bits per heavy atom. The zero-order valence-electron chi connectivity index (χ0n) is 21.0. The van der Waals surface area contributed by atoms with Crippen LogP contribution in [0.2, 0.25) is 0 Å². The topological polar surface area (TPSA) is 74.2 Å². The van der Waals surface area contributed by atoms with Gasteiger partial charge in [0.1, 0.15) is 5.82 Å². The Bertz CT molecular complexity index is 1140. The number of nitrogens with zero attached hydrogens (tertiary/aromatic N) is 5. The van der Waals surface area contributed by atoms with Crippen molar-refractivity contribution in [1.29, 1.82) is 0 Å². The molecular weight excluding hydrogens is 436 g/mol. The largest absolute Gasteiger partial charge is 0.368 e. The van der Waals surface area contributed by atoms with Gasteiger partial charge in [0.15, 0.2) is 5.78 Å². The van der Waals surface area contributed by atoms with E-state index in [-0.39, 0.29) is 5.41 Å². The maximum absolute atomic E-state index is 12.8. The highest BCUT2D eigenvalue weighted by molar-refractivity contribution is 6.07. The number of fused-ring (bicyclic) bond motifs is 3. The minimum Gasteiger partial charge on any atom is -0.368 e. The summed E-state index contributed by atoms with van der Waals surface area (Å²) < 4.78 is 0. The van der Waals surface area contributed by atoms with E-state index in [1.54, 1.807) is 0 Å². The van der Waals surface area contributed by atoms with Gasteiger partial charge in [0.2, 0.25) is 5.95 Å². The van der Waals surface area contributed by atoms with Gasteiger partial charge in [-0.15, -0.1) is 0 Å². The smallest absolute Gasteiger partial charge is 0.228 e. The van der Waals surface area contributed by atoms with Gasteiger partial charge in [-0.25, -0.2) is 15.0 Å². The highest BCUT2D eigenvalue weighted by Crippen LogP contribution is 2.56. The molecule has 1 N–H and O–H groups in total. The van der Waals surface area contributed by atoms with Gasteiger partial charge < -0.3 is 10.2 Å². The number of hydrogen-bond acceptors (Lipinski definition) is 7. The molecule has 3 aliphatic carbocycles. The second-order valence-corrected chi connectivity index (χ2v) is 11.0. The van der Waals surface area contributed by atoms with Crippen LogP contribution in [0.5, 0.6) is 0 Å². The van der Waals surface area contributed by atoms with Crippen LogP contribution < -0.4 is 10.2 Å². The van der Waals surface area contributed by atoms with Crippen LogP contribution in [0, 0.1) is 5.41 Å². The molecule has 2 aromatic heterocycles. The normalized spacial score (nSPS) is 22.0. The Labute approximate surface area is 208 Å². The third-order valence-electron chi connectivity index (χ3n) is 8.68. The van der Waals surface area contributed by atoms with Crippen LogP contribution in [0.3, 0.4) is 0 Å². The van der Waals surface area contributed by atoms with Crippen molar-refractivity contribution in [2.24, 2.45) is 5.41 Å². The van der Waals surface area contributed by atoms with Crippen LogP contribution in [0.4, 0.5) is 17.5 Å². The summed E-state index contributed by atoms with van der Waals surface area (Å²) >= 11 is 0. The average Bonchev–Trinajstić information content (AvgIpc) is 3.28. The summed E-state index contributed by atoms with van der Waals surface area (Å²) in [5.41, 5.74) is 5.66. The molecule has 1 saturated heterocycles. The van der Waals surface area contributed by atoms with Gasteiger partial charge in [-0.1, -0.05) is 19.3 Å². The van der Waals surface area contributed by atoms with Crippen molar-refractivity contribution in [1.82, 2.24) is 19.9 Å². The van der Waals surface area contributed by atoms with E-state index in [0.29, 0.717) is 30.6 Å². The lowest BCUT2D eigenvalue weighted by atomic mass is 9.62. The van der Waals surface area contributed by atoms with Crippen LogP contribution in [-0.2, 0) is 11.2 Å². The van der Waals surface area contributed by atoms with Crippen molar-refractivity contribution < 1.29 is 4.79 Å². The summed E-state index contributed by atoms with van der Waals surface area (Å²) in [6.45, 7) is 8.75. The van der Waals surface area contributed by atoms with Crippen LogP contribution in [0.25, 0.3) is 5.57 Å². The number of nitrogens with one attached hydrogen (secondary N) is 1. The lowest BCUT2D eigenvalue weighted by Gasteiger charge is -2.41. The number of carbonyl (C=O) groups is 1. The van der Waals surface area contributed by atoms with Crippen molar-refractivity contribution >= 4 is 28.8 Å². The van der Waals surface area contributed by atoms with Gasteiger partial charge in [0, 0.05) is 62.4 Å². The van der Waals surface area contributed by atoms with E-state index in [9.17, 15) is 4.79 Å². The van der Waals surface area contributed by atoms with E-state index in [2.05, 4.69) is 45.0 Å². The van der Waals surface area contributed by atoms with Crippen molar-refractivity contribution in [3.8, 4) is 0 Å². The molecule has 0 atom stereocenters. The van der Waals surface area contributed by atoms with E-state index in [0.717, 1.165) is 60.9 Å². The molecule has 0 radical (unpaired) electrons. The van der Waals surface area contributed by atoms with Gasteiger partial charge >= 0.3 is 0 Å². The first-order valence-corrected chi connectivity index (χ1v) is 13.4. The van der Waals surface area contributed by atoms with Crippen LogP contribution in [-0.4, -0.2) is 57.9 Å². The zero-order chi connectivity index (χ0) is 24.0. The Morgan fingerprint density at radius 3 is 2.49 bits per heavy atom. The fourth-order valence-corrected chi connectivity index (χ4v) is 6.66. The number of hydrogen-bond donors (Lipinski definition) is 1. The van der Waals surface area contributed by atoms with E-state index < -0.39 is 0 Å². The number of allylic oxidation sites excluding steroid dienone is 2. The number of ketones is 1. The highest BCUT2D eigenvalue weighted by atomic mass is 16.1. The first-order chi connectivity index (χ1) is 17.0. The molecule has 184 valence electrons. The summed E-state index contributed by atoms with van der Waals surface area (Å²) in [7, 11) is 0. The third-order valence-corrected chi connectivity index (χ3v) is 8.68. The zero-order valence-corrected chi connectivity index (χ0v) is 21.0. The van der Waals surface area contributed by atoms with Crippen molar-refractivity contribution in [2.75, 3.05) is 36.4 Å². The summed E-state index contributed by atoms with van der Waals surface area (Å²) in [6, 6.07) is 4.74. The minimum absolute atomic E-state index is 0.137.